The third-order valence-electron chi connectivity index (χ3n) is 4.59. The van der Waals surface area contributed by atoms with Crippen LogP contribution in [0.4, 0.5) is 5.82 Å². The molecule has 0 atom stereocenters. The number of fused-ring (bicyclic) bond motifs is 1. The molecule has 3 N–H and O–H groups in total. The molecule has 1 saturated carbocycles. The summed E-state index contributed by atoms with van der Waals surface area (Å²) < 4.78 is 1.85. The molecule has 0 bridgehead atoms. The van der Waals surface area contributed by atoms with Gasteiger partial charge in [0.2, 0.25) is 0 Å². The predicted octanol–water partition coefficient (Wildman–Crippen LogP) is 2.91. The van der Waals surface area contributed by atoms with Gasteiger partial charge in [0.1, 0.15) is 5.75 Å². The van der Waals surface area contributed by atoms with Gasteiger partial charge in [-0.1, -0.05) is 12.8 Å². The third kappa shape index (κ3) is 2.84. The van der Waals surface area contributed by atoms with Crippen LogP contribution in [0.5, 0.6) is 5.75 Å². The summed E-state index contributed by atoms with van der Waals surface area (Å²) in [5.41, 5.74) is 1.19. The normalized spacial score (nSPS) is 15.2. The maximum atomic E-state index is 12.4. The van der Waals surface area contributed by atoms with Crippen LogP contribution >= 0.6 is 0 Å². The van der Waals surface area contributed by atoms with Gasteiger partial charge in [-0.15, -0.1) is 0 Å². The molecule has 0 saturated heterocycles. The first-order chi connectivity index (χ1) is 11.7. The average molecular weight is 325 g/mol. The molecule has 2 aromatic heterocycles. The van der Waals surface area contributed by atoms with Crippen LogP contribution in [0.25, 0.3) is 10.9 Å². The summed E-state index contributed by atoms with van der Waals surface area (Å²) in [5.74, 6) is 1.02. The number of nitrogens with one attached hydrogen (secondary N) is 2. The number of aromatic nitrogens is 4. The number of hydrogen-bond acceptors (Lipinski definition) is 4. The molecule has 4 rings (SSSR count). The van der Waals surface area contributed by atoms with E-state index < -0.39 is 0 Å². The molecule has 1 aliphatic carbocycles. The van der Waals surface area contributed by atoms with E-state index in [1.165, 1.54) is 25.7 Å². The molecule has 1 fully saturated rings. The van der Waals surface area contributed by atoms with Gasteiger partial charge in [-0.2, -0.15) is 10.2 Å². The van der Waals surface area contributed by atoms with Crippen LogP contribution in [0, 0.1) is 5.92 Å². The van der Waals surface area contributed by atoms with Crippen LogP contribution in [0.1, 0.15) is 36.0 Å². The molecule has 0 radical (unpaired) electrons. The highest BCUT2D eigenvalue weighted by molar-refractivity contribution is 6.07. The number of H-pyrrole nitrogens is 1. The third-order valence-corrected chi connectivity index (χ3v) is 4.59. The quantitative estimate of drug-likeness (QED) is 0.687. The lowest BCUT2D eigenvalue weighted by atomic mass is 10.1. The van der Waals surface area contributed by atoms with Crippen LogP contribution in [0.15, 0.2) is 30.6 Å². The number of rotatable bonds is 4. The monoisotopic (exact) mass is 325 g/mol. The van der Waals surface area contributed by atoms with E-state index in [1.807, 2.05) is 4.68 Å². The Bertz CT molecular complexity index is 876. The number of carbonyl (C=O) groups excluding carboxylic acids is 1. The van der Waals surface area contributed by atoms with Crippen molar-refractivity contribution in [1.29, 1.82) is 0 Å². The minimum Gasteiger partial charge on any atom is -0.508 e. The standard InChI is InChI=1S/C17H19N5O2/c23-13-5-6-14-15(7-13)20-21-16(14)19-17(24)12-8-18-22(10-12)9-11-3-1-2-4-11/h5-8,10-11,23H,1-4,9H2,(H2,19,20,21,24). The molecule has 1 aromatic carbocycles. The highest BCUT2D eigenvalue weighted by Gasteiger charge is 2.17. The highest BCUT2D eigenvalue weighted by atomic mass is 16.3. The van der Waals surface area contributed by atoms with Gasteiger partial charge in [0, 0.05) is 24.2 Å². The average Bonchev–Trinajstić information content (AvgIpc) is 3.29. The van der Waals surface area contributed by atoms with Crippen LogP contribution in [0.3, 0.4) is 0 Å². The number of nitrogens with zero attached hydrogens (tertiary/aromatic N) is 3. The number of phenolic OH excluding ortho intramolecular Hbond substituents is 1. The van der Waals surface area contributed by atoms with Gasteiger partial charge >= 0.3 is 0 Å². The number of aromatic amines is 1. The van der Waals surface area contributed by atoms with E-state index in [9.17, 15) is 9.90 Å². The Hall–Kier alpha value is -2.83. The molecule has 24 heavy (non-hydrogen) atoms. The number of aromatic hydroxyl groups is 1. The van der Waals surface area contributed by atoms with E-state index in [2.05, 4.69) is 20.6 Å². The smallest absolute Gasteiger partial charge is 0.260 e. The number of hydrogen-bond donors (Lipinski definition) is 3. The lowest BCUT2D eigenvalue weighted by Crippen LogP contribution is -2.12. The van der Waals surface area contributed by atoms with Crippen molar-refractivity contribution in [2.24, 2.45) is 5.92 Å². The predicted molar refractivity (Wildman–Crippen MR) is 89.9 cm³/mol. The van der Waals surface area contributed by atoms with Crippen molar-refractivity contribution in [2.45, 2.75) is 32.2 Å². The van der Waals surface area contributed by atoms with Crippen LogP contribution in [-0.2, 0) is 6.54 Å². The van der Waals surface area contributed by atoms with Gasteiger partial charge in [0.05, 0.1) is 17.3 Å². The maximum absolute atomic E-state index is 12.4. The zero-order valence-corrected chi connectivity index (χ0v) is 13.2. The molecule has 0 aliphatic heterocycles. The van der Waals surface area contributed by atoms with Crippen molar-refractivity contribution in [2.75, 3.05) is 5.32 Å². The first-order valence-corrected chi connectivity index (χ1v) is 8.20. The van der Waals surface area contributed by atoms with Gasteiger partial charge < -0.3 is 10.4 Å². The summed E-state index contributed by atoms with van der Waals surface area (Å²) >= 11 is 0. The van der Waals surface area contributed by atoms with Gasteiger partial charge in [-0.3, -0.25) is 14.6 Å². The van der Waals surface area contributed by atoms with Crippen molar-refractivity contribution in [1.82, 2.24) is 20.0 Å². The highest BCUT2D eigenvalue weighted by Crippen LogP contribution is 2.26. The fourth-order valence-corrected chi connectivity index (χ4v) is 3.32. The number of carbonyl (C=O) groups is 1. The van der Waals surface area contributed by atoms with Gasteiger partial charge in [0.25, 0.3) is 5.91 Å². The first kappa shape index (κ1) is 14.7. The number of benzene rings is 1. The molecule has 7 nitrogen and oxygen atoms in total. The summed E-state index contributed by atoms with van der Waals surface area (Å²) in [4.78, 5) is 12.4. The summed E-state index contributed by atoms with van der Waals surface area (Å²) in [5, 5.41) is 24.2. The summed E-state index contributed by atoms with van der Waals surface area (Å²) in [6.07, 6.45) is 8.45. The Morgan fingerprint density at radius 2 is 2.21 bits per heavy atom. The summed E-state index contributed by atoms with van der Waals surface area (Å²) in [6, 6.07) is 4.85. The van der Waals surface area contributed by atoms with E-state index in [0.717, 1.165) is 11.9 Å². The Balaban J connectivity index is 1.48. The Morgan fingerprint density at radius 1 is 1.38 bits per heavy atom. The Morgan fingerprint density at radius 3 is 3.04 bits per heavy atom. The van der Waals surface area contributed by atoms with Crippen LogP contribution < -0.4 is 5.32 Å². The lowest BCUT2D eigenvalue weighted by Gasteiger charge is -2.07. The molecule has 2 heterocycles. The fourth-order valence-electron chi connectivity index (χ4n) is 3.32. The molecule has 0 unspecified atom stereocenters. The Labute approximate surface area is 138 Å². The lowest BCUT2D eigenvalue weighted by molar-refractivity contribution is 0.102. The van der Waals surface area contributed by atoms with Crippen LogP contribution in [-0.4, -0.2) is 31.0 Å². The van der Waals surface area contributed by atoms with Crippen LogP contribution in [0.2, 0.25) is 0 Å². The minimum absolute atomic E-state index is 0.150. The maximum Gasteiger partial charge on any atom is 0.260 e. The fraction of sp³-hybridized carbons (Fsp3) is 0.353. The minimum atomic E-state index is -0.242. The van der Waals surface area contributed by atoms with E-state index in [-0.39, 0.29) is 11.7 Å². The largest absolute Gasteiger partial charge is 0.508 e. The molecular weight excluding hydrogens is 306 g/mol. The van der Waals surface area contributed by atoms with E-state index in [1.54, 1.807) is 30.6 Å². The Kier molecular flexibility index (Phi) is 3.68. The summed E-state index contributed by atoms with van der Waals surface area (Å²) in [7, 11) is 0. The number of amides is 1. The van der Waals surface area contributed by atoms with Crippen molar-refractivity contribution < 1.29 is 9.90 Å². The van der Waals surface area contributed by atoms with Gasteiger partial charge in [0.15, 0.2) is 5.82 Å². The first-order valence-electron chi connectivity index (χ1n) is 8.20. The summed E-state index contributed by atoms with van der Waals surface area (Å²) in [6.45, 7) is 0.873. The molecule has 3 aromatic rings. The van der Waals surface area contributed by atoms with Gasteiger partial charge in [-0.25, -0.2) is 0 Å². The SMILES string of the molecule is O=C(Nc1n[nH]c2cc(O)ccc12)c1cnn(CC2CCCC2)c1. The van der Waals surface area contributed by atoms with E-state index in [4.69, 9.17) is 0 Å². The molecule has 124 valence electrons. The molecule has 7 heteroatoms. The van der Waals surface area contributed by atoms with Crippen molar-refractivity contribution >= 4 is 22.6 Å². The number of phenols is 1. The molecule has 1 aliphatic rings. The zero-order valence-electron chi connectivity index (χ0n) is 13.2. The van der Waals surface area contributed by atoms with Crippen molar-refractivity contribution in [3.63, 3.8) is 0 Å². The topological polar surface area (TPSA) is 95.8 Å². The van der Waals surface area contributed by atoms with E-state index in [0.29, 0.717) is 22.8 Å². The molecular formula is C17H19N5O2. The van der Waals surface area contributed by atoms with Crippen molar-refractivity contribution in [3.05, 3.63) is 36.2 Å². The second-order valence-corrected chi connectivity index (χ2v) is 6.36. The zero-order chi connectivity index (χ0) is 16.5. The van der Waals surface area contributed by atoms with Gasteiger partial charge in [-0.05, 0) is 30.9 Å². The second-order valence-electron chi connectivity index (χ2n) is 6.36. The molecule has 1 amide bonds. The van der Waals surface area contributed by atoms with E-state index >= 15 is 0 Å². The molecule has 0 spiro atoms. The second kappa shape index (κ2) is 5.99. The number of anilines is 1. The van der Waals surface area contributed by atoms with Crippen molar-refractivity contribution in [3.8, 4) is 5.75 Å².